The van der Waals surface area contributed by atoms with Gasteiger partial charge in [-0.05, 0) is 64.2 Å². The van der Waals surface area contributed by atoms with E-state index in [0.717, 1.165) is 24.4 Å². The summed E-state index contributed by atoms with van der Waals surface area (Å²) < 4.78 is 0. The quantitative estimate of drug-likeness (QED) is 0.800. The number of nitrogens with two attached hydrogens (primary N) is 1. The Morgan fingerprint density at radius 3 is 2.47 bits per heavy atom. The first-order valence-corrected chi connectivity index (χ1v) is 8.37. The van der Waals surface area contributed by atoms with Crippen molar-refractivity contribution >= 4 is 0 Å². The van der Waals surface area contributed by atoms with Crippen LogP contribution in [0.2, 0.25) is 0 Å². The second-order valence-electron chi connectivity index (χ2n) is 6.69. The molecule has 2 aliphatic rings. The summed E-state index contributed by atoms with van der Waals surface area (Å²) in [4.78, 5) is 5.23. The van der Waals surface area contributed by atoms with E-state index in [9.17, 15) is 0 Å². The molecule has 0 amide bonds. The fraction of sp³-hybridized carbons (Fsp3) is 1.00. The van der Waals surface area contributed by atoms with E-state index in [1.54, 1.807) is 0 Å². The van der Waals surface area contributed by atoms with E-state index in [4.69, 9.17) is 5.73 Å². The molecule has 2 N–H and O–H groups in total. The van der Waals surface area contributed by atoms with Crippen LogP contribution >= 0.6 is 0 Å². The highest BCUT2D eigenvalue weighted by molar-refractivity contribution is 4.83. The summed E-state index contributed by atoms with van der Waals surface area (Å²) in [7, 11) is 2.31. The average molecular weight is 267 g/mol. The van der Waals surface area contributed by atoms with Crippen molar-refractivity contribution in [3.05, 3.63) is 0 Å². The van der Waals surface area contributed by atoms with Crippen molar-refractivity contribution in [1.29, 1.82) is 0 Å². The molecule has 19 heavy (non-hydrogen) atoms. The molecule has 3 atom stereocenters. The molecule has 112 valence electrons. The third-order valence-electron chi connectivity index (χ3n) is 5.34. The van der Waals surface area contributed by atoms with Crippen LogP contribution in [0, 0.1) is 11.8 Å². The molecule has 0 aromatic rings. The van der Waals surface area contributed by atoms with Crippen LogP contribution in [0.1, 0.15) is 45.4 Å². The molecule has 0 radical (unpaired) electrons. The first-order chi connectivity index (χ1) is 9.24. The van der Waals surface area contributed by atoms with Gasteiger partial charge >= 0.3 is 0 Å². The summed E-state index contributed by atoms with van der Waals surface area (Å²) in [5, 5.41) is 0. The lowest BCUT2D eigenvalue weighted by Gasteiger charge is -2.35. The van der Waals surface area contributed by atoms with Gasteiger partial charge < -0.3 is 10.6 Å². The van der Waals surface area contributed by atoms with E-state index in [-0.39, 0.29) is 0 Å². The zero-order valence-electron chi connectivity index (χ0n) is 13.0. The highest BCUT2D eigenvalue weighted by Gasteiger charge is 2.28. The summed E-state index contributed by atoms with van der Waals surface area (Å²) in [6, 6.07) is 0.801. The van der Waals surface area contributed by atoms with Crippen LogP contribution in [0.15, 0.2) is 0 Å². The molecule has 3 nitrogen and oxygen atoms in total. The molecule has 0 aromatic carbocycles. The predicted octanol–water partition coefficient (Wildman–Crippen LogP) is 2.17. The molecule has 0 aromatic heterocycles. The summed E-state index contributed by atoms with van der Waals surface area (Å²) in [6.45, 7) is 8.22. The van der Waals surface area contributed by atoms with Crippen molar-refractivity contribution < 1.29 is 0 Å². The Hall–Kier alpha value is -0.120. The summed E-state index contributed by atoms with van der Waals surface area (Å²) in [6.07, 6.45) is 8.35. The van der Waals surface area contributed by atoms with Crippen molar-refractivity contribution in [3.63, 3.8) is 0 Å². The van der Waals surface area contributed by atoms with Gasteiger partial charge in [0, 0.05) is 19.1 Å². The van der Waals surface area contributed by atoms with E-state index >= 15 is 0 Å². The topological polar surface area (TPSA) is 32.5 Å². The number of likely N-dealkylation sites (N-methyl/N-ethyl adjacent to an activating group) is 2. The molecule has 0 spiro atoms. The Bertz CT molecular complexity index is 256. The van der Waals surface area contributed by atoms with Crippen LogP contribution in [0.5, 0.6) is 0 Å². The smallest absolute Gasteiger partial charge is 0.0223 e. The summed E-state index contributed by atoms with van der Waals surface area (Å²) in [5.74, 6) is 1.63. The monoisotopic (exact) mass is 267 g/mol. The van der Waals surface area contributed by atoms with Gasteiger partial charge in [0.25, 0.3) is 0 Å². The Labute approximate surface area is 119 Å². The molecule has 1 aliphatic heterocycles. The van der Waals surface area contributed by atoms with Gasteiger partial charge in [-0.3, -0.25) is 4.90 Å². The molecular weight excluding hydrogens is 234 g/mol. The van der Waals surface area contributed by atoms with E-state index in [1.165, 1.54) is 64.7 Å². The van der Waals surface area contributed by atoms with Crippen molar-refractivity contribution in [1.82, 2.24) is 9.80 Å². The molecule has 2 rings (SSSR count). The van der Waals surface area contributed by atoms with Crippen molar-refractivity contribution in [2.75, 3.05) is 39.8 Å². The minimum Gasteiger partial charge on any atom is -0.330 e. The van der Waals surface area contributed by atoms with Crippen LogP contribution in [-0.2, 0) is 0 Å². The van der Waals surface area contributed by atoms with Gasteiger partial charge in [-0.1, -0.05) is 19.8 Å². The van der Waals surface area contributed by atoms with Crippen molar-refractivity contribution in [2.24, 2.45) is 17.6 Å². The molecule has 1 saturated heterocycles. The Balaban J connectivity index is 1.78. The van der Waals surface area contributed by atoms with Crippen molar-refractivity contribution in [2.45, 2.75) is 51.5 Å². The normalized spacial score (nSPS) is 33.2. The Morgan fingerprint density at radius 1 is 1.05 bits per heavy atom. The highest BCUT2D eigenvalue weighted by atomic mass is 15.2. The third-order valence-corrected chi connectivity index (χ3v) is 5.34. The lowest BCUT2D eigenvalue weighted by atomic mass is 9.79. The first kappa shape index (κ1) is 15.3. The lowest BCUT2D eigenvalue weighted by Crippen LogP contribution is -2.42. The zero-order valence-corrected chi connectivity index (χ0v) is 13.0. The maximum Gasteiger partial charge on any atom is 0.0223 e. The standard InChI is InChI=1S/C16H33N3/c1-3-19-10-6-9-16(19)13-18(2)12-15-8-5-4-7-14(15)11-17/h14-16H,3-13,17H2,1-2H3. The number of hydrogen-bond donors (Lipinski definition) is 1. The number of rotatable bonds is 6. The Morgan fingerprint density at radius 2 is 1.79 bits per heavy atom. The molecule has 1 saturated carbocycles. The first-order valence-electron chi connectivity index (χ1n) is 8.37. The summed E-state index contributed by atoms with van der Waals surface area (Å²) in [5.41, 5.74) is 5.95. The van der Waals surface area contributed by atoms with Gasteiger partial charge in [0.2, 0.25) is 0 Å². The fourth-order valence-electron chi connectivity index (χ4n) is 4.19. The maximum absolute atomic E-state index is 5.95. The molecule has 0 bridgehead atoms. The van der Waals surface area contributed by atoms with E-state index in [0.29, 0.717) is 0 Å². The zero-order chi connectivity index (χ0) is 13.7. The van der Waals surface area contributed by atoms with Crippen LogP contribution in [-0.4, -0.2) is 55.6 Å². The molecular formula is C16H33N3. The highest BCUT2D eigenvalue weighted by Crippen LogP contribution is 2.30. The second-order valence-corrected chi connectivity index (χ2v) is 6.69. The van der Waals surface area contributed by atoms with E-state index < -0.39 is 0 Å². The van der Waals surface area contributed by atoms with Crippen molar-refractivity contribution in [3.8, 4) is 0 Å². The van der Waals surface area contributed by atoms with Gasteiger partial charge in [-0.25, -0.2) is 0 Å². The van der Waals surface area contributed by atoms with Crippen LogP contribution in [0.4, 0.5) is 0 Å². The maximum atomic E-state index is 5.95. The Kier molecular flexibility index (Phi) is 6.11. The van der Waals surface area contributed by atoms with Gasteiger partial charge in [0.1, 0.15) is 0 Å². The second kappa shape index (κ2) is 7.61. The van der Waals surface area contributed by atoms with E-state index in [2.05, 4.69) is 23.8 Å². The largest absolute Gasteiger partial charge is 0.330 e. The average Bonchev–Trinajstić information content (AvgIpc) is 2.86. The lowest BCUT2D eigenvalue weighted by molar-refractivity contribution is 0.142. The van der Waals surface area contributed by atoms with Crippen LogP contribution in [0.3, 0.4) is 0 Å². The van der Waals surface area contributed by atoms with Gasteiger partial charge in [-0.2, -0.15) is 0 Å². The minimum atomic E-state index is 0.780. The fourth-order valence-corrected chi connectivity index (χ4v) is 4.19. The van der Waals surface area contributed by atoms with Gasteiger partial charge in [0.05, 0.1) is 0 Å². The summed E-state index contributed by atoms with van der Waals surface area (Å²) >= 11 is 0. The van der Waals surface area contributed by atoms with Gasteiger partial charge in [0.15, 0.2) is 0 Å². The van der Waals surface area contributed by atoms with Crippen LogP contribution < -0.4 is 5.73 Å². The molecule has 3 heteroatoms. The molecule has 3 unspecified atom stereocenters. The minimum absolute atomic E-state index is 0.780. The SMILES string of the molecule is CCN1CCCC1CN(C)CC1CCCCC1CN. The molecule has 1 heterocycles. The van der Waals surface area contributed by atoms with E-state index in [1.807, 2.05) is 0 Å². The molecule has 1 aliphatic carbocycles. The number of likely N-dealkylation sites (tertiary alicyclic amines) is 1. The van der Waals surface area contributed by atoms with Gasteiger partial charge in [-0.15, -0.1) is 0 Å². The number of nitrogens with zero attached hydrogens (tertiary/aromatic N) is 2. The third kappa shape index (κ3) is 4.17. The predicted molar refractivity (Wildman–Crippen MR) is 82.3 cm³/mol. The van der Waals surface area contributed by atoms with Crippen LogP contribution in [0.25, 0.3) is 0 Å². The molecule has 2 fully saturated rings. The number of hydrogen-bond acceptors (Lipinski definition) is 3.